The van der Waals surface area contributed by atoms with Gasteiger partial charge < -0.3 is 0 Å². The second-order valence-corrected chi connectivity index (χ2v) is 6.83. The molecule has 1 aliphatic heterocycles. The number of anilines is 1. The van der Waals surface area contributed by atoms with Crippen LogP contribution in [0.4, 0.5) is 5.69 Å². The number of imide groups is 1. The van der Waals surface area contributed by atoms with Gasteiger partial charge in [-0.3, -0.25) is 14.5 Å². The minimum Gasteiger partial charge on any atom is -0.274 e. The Morgan fingerprint density at radius 3 is 2.57 bits per heavy atom. The van der Waals surface area contributed by atoms with E-state index < -0.39 is 5.41 Å². The van der Waals surface area contributed by atoms with Crippen LogP contribution in [-0.4, -0.2) is 11.8 Å². The van der Waals surface area contributed by atoms with Gasteiger partial charge >= 0.3 is 0 Å². The van der Waals surface area contributed by atoms with E-state index in [1.807, 2.05) is 32.0 Å². The third kappa shape index (κ3) is 1.60. The zero-order valence-corrected chi connectivity index (χ0v) is 12.4. The topological polar surface area (TPSA) is 37.4 Å². The summed E-state index contributed by atoms with van der Waals surface area (Å²) in [6.07, 6.45) is 6.64. The van der Waals surface area contributed by atoms with Crippen LogP contribution in [0.1, 0.15) is 30.4 Å². The standard InChI is InChI=1S/C18H19NO2/c1-11-3-6-15(7-12(11)2)19-16(20)10-18(17(19)21)9-13-4-5-14(18)8-13/h3-7,13-14H,8-10H2,1-2H3/t13-,14+,18-/m1/s1. The molecule has 2 amide bonds. The maximum atomic E-state index is 13.0. The Labute approximate surface area is 124 Å². The van der Waals surface area contributed by atoms with Crippen molar-refractivity contribution in [3.05, 3.63) is 41.5 Å². The normalized spacial score (nSPS) is 33.7. The van der Waals surface area contributed by atoms with Crippen LogP contribution >= 0.6 is 0 Å². The summed E-state index contributed by atoms with van der Waals surface area (Å²) in [6, 6.07) is 5.82. The van der Waals surface area contributed by atoms with Crippen molar-refractivity contribution in [2.45, 2.75) is 33.1 Å². The molecule has 2 fully saturated rings. The number of aryl methyl sites for hydroxylation is 2. The molecule has 1 saturated heterocycles. The molecule has 2 bridgehead atoms. The number of nitrogens with zero attached hydrogens (tertiary/aromatic N) is 1. The molecule has 1 saturated carbocycles. The first-order valence-electron chi connectivity index (χ1n) is 7.64. The molecule has 1 spiro atoms. The third-order valence-corrected chi connectivity index (χ3v) is 5.60. The van der Waals surface area contributed by atoms with Gasteiger partial charge in [0.15, 0.2) is 0 Å². The van der Waals surface area contributed by atoms with Gasteiger partial charge in [-0.2, -0.15) is 0 Å². The fraction of sp³-hybridized carbons (Fsp3) is 0.444. The van der Waals surface area contributed by atoms with Crippen LogP contribution in [0, 0.1) is 31.1 Å². The van der Waals surface area contributed by atoms with E-state index in [2.05, 4.69) is 12.2 Å². The van der Waals surface area contributed by atoms with Crippen LogP contribution in [0.15, 0.2) is 30.4 Å². The van der Waals surface area contributed by atoms with E-state index >= 15 is 0 Å². The Morgan fingerprint density at radius 2 is 1.95 bits per heavy atom. The number of rotatable bonds is 1. The molecule has 1 aromatic carbocycles. The van der Waals surface area contributed by atoms with E-state index in [4.69, 9.17) is 0 Å². The zero-order valence-electron chi connectivity index (χ0n) is 12.4. The molecular formula is C18H19NO2. The van der Waals surface area contributed by atoms with Crippen LogP contribution in [0.3, 0.4) is 0 Å². The number of amides is 2. The molecule has 0 unspecified atom stereocenters. The first-order chi connectivity index (χ1) is 10.0. The molecule has 1 heterocycles. The van der Waals surface area contributed by atoms with Crippen molar-refractivity contribution in [2.75, 3.05) is 4.90 Å². The first-order valence-corrected chi connectivity index (χ1v) is 7.64. The smallest absolute Gasteiger partial charge is 0.241 e. The lowest BCUT2D eigenvalue weighted by Gasteiger charge is -2.28. The van der Waals surface area contributed by atoms with Crippen molar-refractivity contribution in [3.63, 3.8) is 0 Å². The van der Waals surface area contributed by atoms with E-state index in [0.717, 1.165) is 24.1 Å². The molecule has 3 nitrogen and oxygen atoms in total. The van der Waals surface area contributed by atoms with Gasteiger partial charge in [-0.1, -0.05) is 18.2 Å². The molecular weight excluding hydrogens is 262 g/mol. The Morgan fingerprint density at radius 1 is 1.14 bits per heavy atom. The zero-order chi connectivity index (χ0) is 14.8. The second-order valence-electron chi connectivity index (χ2n) is 6.83. The number of carbonyl (C=O) groups is 2. The molecule has 0 N–H and O–H groups in total. The average molecular weight is 281 g/mol. The van der Waals surface area contributed by atoms with Crippen LogP contribution in [0.25, 0.3) is 0 Å². The van der Waals surface area contributed by atoms with E-state index in [9.17, 15) is 9.59 Å². The molecule has 108 valence electrons. The summed E-state index contributed by atoms with van der Waals surface area (Å²) in [5.41, 5.74) is 2.57. The van der Waals surface area contributed by atoms with Crippen LogP contribution in [0.5, 0.6) is 0 Å². The van der Waals surface area contributed by atoms with E-state index in [1.165, 1.54) is 10.5 Å². The van der Waals surface area contributed by atoms with Crippen molar-refractivity contribution in [3.8, 4) is 0 Å². The average Bonchev–Trinajstić information content (AvgIpc) is 3.09. The van der Waals surface area contributed by atoms with Gasteiger partial charge in [0.2, 0.25) is 11.8 Å². The SMILES string of the molecule is Cc1ccc(N2C(=O)C[C@@]3(C[C@@H]4C=C[C@H]3C4)C2=O)cc1C. The maximum absolute atomic E-state index is 13.0. The summed E-state index contributed by atoms with van der Waals surface area (Å²) < 4.78 is 0. The molecule has 3 aliphatic rings. The second kappa shape index (κ2) is 4.06. The van der Waals surface area contributed by atoms with Crippen LogP contribution in [0.2, 0.25) is 0 Å². The third-order valence-electron chi connectivity index (χ3n) is 5.60. The monoisotopic (exact) mass is 281 g/mol. The number of hydrogen-bond donors (Lipinski definition) is 0. The van der Waals surface area contributed by atoms with Gasteiger partial charge in [-0.15, -0.1) is 0 Å². The Balaban J connectivity index is 1.74. The Kier molecular flexibility index (Phi) is 2.48. The van der Waals surface area contributed by atoms with Gasteiger partial charge in [0.25, 0.3) is 0 Å². The van der Waals surface area contributed by atoms with Crippen molar-refractivity contribution < 1.29 is 9.59 Å². The fourth-order valence-electron chi connectivity index (χ4n) is 4.29. The van der Waals surface area contributed by atoms with Gasteiger partial charge in [0, 0.05) is 6.42 Å². The quantitative estimate of drug-likeness (QED) is 0.586. The van der Waals surface area contributed by atoms with Crippen LogP contribution in [-0.2, 0) is 9.59 Å². The first kappa shape index (κ1) is 12.8. The summed E-state index contributed by atoms with van der Waals surface area (Å²) in [4.78, 5) is 26.9. The molecule has 3 atom stereocenters. The summed E-state index contributed by atoms with van der Waals surface area (Å²) in [5, 5.41) is 0. The summed E-state index contributed by atoms with van der Waals surface area (Å²) >= 11 is 0. The lowest BCUT2D eigenvalue weighted by atomic mass is 9.74. The van der Waals surface area contributed by atoms with Crippen molar-refractivity contribution in [1.29, 1.82) is 0 Å². The van der Waals surface area contributed by atoms with E-state index in [1.54, 1.807) is 0 Å². The Bertz CT molecular complexity index is 690. The molecule has 0 aromatic heterocycles. The highest BCUT2D eigenvalue weighted by atomic mass is 16.2. The molecule has 21 heavy (non-hydrogen) atoms. The van der Waals surface area contributed by atoms with Crippen LogP contribution < -0.4 is 4.90 Å². The van der Waals surface area contributed by atoms with Gasteiger partial charge in [0.1, 0.15) is 0 Å². The Hall–Kier alpha value is -1.90. The highest BCUT2D eigenvalue weighted by molar-refractivity contribution is 6.23. The lowest BCUT2D eigenvalue weighted by molar-refractivity contribution is -0.126. The summed E-state index contributed by atoms with van der Waals surface area (Å²) in [7, 11) is 0. The molecule has 0 radical (unpaired) electrons. The number of allylic oxidation sites excluding steroid dienone is 2. The highest BCUT2D eigenvalue weighted by Gasteiger charge is 2.60. The minimum atomic E-state index is -0.449. The predicted octanol–water partition coefficient (Wildman–Crippen LogP) is 3.15. The molecule has 1 aromatic rings. The lowest BCUT2D eigenvalue weighted by Crippen LogP contribution is -2.38. The van der Waals surface area contributed by atoms with E-state index in [-0.39, 0.29) is 17.7 Å². The summed E-state index contributed by atoms with van der Waals surface area (Å²) in [5.74, 6) is 0.735. The molecule has 4 rings (SSSR count). The van der Waals surface area contributed by atoms with E-state index in [0.29, 0.717) is 12.3 Å². The number of carbonyl (C=O) groups excluding carboxylic acids is 2. The number of fused-ring (bicyclic) bond motifs is 3. The van der Waals surface area contributed by atoms with Gasteiger partial charge in [-0.25, -0.2) is 0 Å². The largest absolute Gasteiger partial charge is 0.274 e. The maximum Gasteiger partial charge on any atom is 0.241 e. The number of hydrogen-bond acceptors (Lipinski definition) is 2. The van der Waals surface area contributed by atoms with Crippen molar-refractivity contribution >= 4 is 17.5 Å². The fourth-order valence-corrected chi connectivity index (χ4v) is 4.29. The molecule has 3 heteroatoms. The van der Waals surface area contributed by atoms with Crippen molar-refractivity contribution in [2.24, 2.45) is 17.3 Å². The predicted molar refractivity (Wildman–Crippen MR) is 80.8 cm³/mol. The van der Waals surface area contributed by atoms with Gasteiger partial charge in [-0.05, 0) is 61.8 Å². The summed E-state index contributed by atoms with van der Waals surface area (Å²) in [6.45, 7) is 4.05. The van der Waals surface area contributed by atoms with Crippen molar-refractivity contribution in [1.82, 2.24) is 0 Å². The number of benzene rings is 1. The minimum absolute atomic E-state index is 0.0209. The van der Waals surface area contributed by atoms with Gasteiger partial charge in [0.05, 0.1) is 11.1 Å². The highest BCUT2D eigenvalue weighted by Crippen LogP contribution is 2.57. The molecule has 2 aliphatic carbocycles.